The number of fused-ring (bicyclic) bond motifs is 1. The van der Waals surface area contributed by atoms with Crippen molar-refractivity contribution in [2.45, 2.75) is 13.3 Å². The molecule has 37 heavy (non-hydrogen) atoms. The number of benzene rings is 1. The minimum absolute atomic E-state index is 0.191. The fourth-order valence-electron chi connectivity index (χ4n) is 4.33. The Balaban J connectivity index is 1.54. The first-order valence-corrected chi connectivity index (χ1v) is 13.7. The van der Waals surface area contributed by atoms with Crippen molar-refractivity contribution >= 4 is 40.5 Å². The smallest absolute Gasteiger partial charge is 0.378 e. The standard InChI is InChI=1S/C24H23BrFN4O6P/c25-18-7-16(8-19(26)10-18)13-29-2-1-17(9-23(29)31)22-14-30(15-36-37(32,33)34)24-21(22)11-20(12-27-24)28-3-5-35-6-4-28/h1-2,7-12,14H,3-6,13,15H2,(H2,32,33,34). The second kappa shape index (κ2) is 10.5. The minimum Gasteiger partial charge on any atom is -0.378 e. The van der Waals surface area contributed by atoms with Gasteiger partial charge in [0.25, 0.3) is 5.56 Å². The number of phosphoric acid groups is 1. The van der Waals surface area contributed by atoms with E-state index in [2.05, 4.69) is 25.8 Å². The van der Waals surface area contributed by atoms with E-state index in [-0.39, 0.29) is 12.1 Å². The van der Waals surface area contributed by atoms with Crippen LogP contribution in [0.15, 0.2) is 64.3 Å². The normalized spacial score (nSPS) is 14.4. The van der Waals surface area contributed by atoms with Gasteiger partial charge < -0.3 is 28.6 Å². The van der Waals surface area contributed by atoms with Gasteiger partial charge in [0.2, 0.25) is 0 Å². The van der Waals surface area contributed by atoms with E-state index in [9.17, 15) is 23.5 Å². The number of morpholine rings is 1. The summed E-state index contributed by atoms with van der Waals surface area (Å²) in [6, 6.07) is 9.64. The molecule has 0 unspecified atom stereocenters. The maximum absolute atomic E-state index is 13.8. The Labute approximate surface area is 219 Å². The zero-order valence-corrected chi connectivity index (χ0v) is 21.9. The summed E-state index contributed by atoms with van der Waals surface area (Å²) in [6.45, 7) is 2.38. The molecule has 1 aliphatic rings. The number of halogens is 2. The molecule has 0 radical (unpaired) electrons. The lowest BCUT2D eigenvalue weighted by Gasteiger charge is -2.28. The van der Waals surface area contributed by atoms with E-state index in [0.717, 1.165) is 5.69 Å². The van der Waals surface area contributed by atoms with Crippen molar-refractivity contribution in [3.63, 3.8) is 0 Å². The van der Waals surface area contributed by atoms with Crippen molar-refractivity contribution in [2.24, 2.45) is 0 Å². The SMILES string of the molecule is O=c1cc(-c2cn(COP(=O)(O)O)c3ncc(N4CCOCC4)cc23)ccn1Cc1cc(F)cc(Br)c1. The Morgan fingerprint density at radius 1 is 1.14 bits per heavy atom. The van der Waals surface area contributed by atoms with Crippen molar-refractivity contribution in [3.05, 3.63) is 81.2 Å². The molecule has 1 fully saturated rings. The first-order chi connectivity index (χ1) is 17.7. The van der Waals surface area contributed by atoms with E-state index in [1.807, 2.05) is 6.07 Å². The molecule has 1 aliphatic heterocycles. The van der Waals surface area contributed by atoms with Crippen LogP contribution in [-0.2, 0) is 27.1 Å². The molecule has 0 atom stereocenters. The van der Waals surface area contributed by atoms with Crippen LogP contribution < -0.4 is 10.5 Å². The topological polar surface area (TPSA) is 119 Å². The second-order valence-electron chi connectivity index (χ2n) is 8.58. The molecule has 0 amide bonds. The van der Waals surface area contributed by atoms with Crippen molar-refractivity contribution < 1.29 is 28.0 Å². The van der Waals surface area contributed by atoms with Gasteiger partial charge in [-0.1, -0.05) is 15.9 Å². The minimum atomic E-state index is -4.71. The largest absolute Gasteiger partial charge is 0.471 e. The van der Waals surface area contributed by atoms with Gasteiger partial charge in [-0.2, -0.15) is 0 Å². The first kappa shape index (κ1) is 25.8. The Morgan fingerprint density at radius 2 is 1.92 bits per heavy atom. The molecule has 10 nitrogen and oxygen atoms in total. The molecular weight excluding hydrogens is 570 g/mol. The molecule has 2 N–H and O–H groups in total. The van der Waals surface area contributed by atoms with E-state index >= 15 is 0 Å². The molecule has 5 rings (SSSR count). The van der Waals surface area contributed by atoms with Gasteiger partial charge in [-0.25, -0.2) is 13.9 Å². The van der Waals surface area contributed by atoms with Crippen LogP contribution in [0.25, 0.3) is 22.2 Å². The molecule has 194 valence electrons. The summed E-state index contributed by atoms with van der Waals surface area (Å²) in [5.74, 6) is -0.400. The van der Waals surface area contributed by atoms with Crippen LogP contribution >= 0.6 is 23.8 Å². The summed E-state index contributed by atoms with van der Waals surface area (Å²) in [7, 11) is -4.71. The summed E-state index contributed by atoms with van der Waals surface area (Å²) >= 11 is 3.27. The van der Waals surface area contributed by atoms with Gasteiger partial charge in [0.1, 0.15) is 18.2 Å². The maximum atomic E-state index is 13.8. The van der Waals surface area contributed by atoms with Crippen LogP contribution in [0.3, 0.4) is 0 Å². The molecule has 1 aromatic carbocycles. The highest BCUT2D eigenvalue weighted by atomic mass is 79.9. The van der Waals surface area contributed by atoms with Gasteiger partial charge in [0.15, 0.2) is 0 Å². The molecule has 0 saturated carbocycles. The van der Waals surface area contributed by atoms with Crippen LogP contribution in [0.5, 0.6) is 0 Å². The highest BCUT2D eigenvalue weighted by Gasteiger charge is 2.20. The molecule has 0 spiro atoms. The second-order valence-corrected chi connectivity index (χ2v) is 10.7. The first-order valence-electron chi connectivity index (χ1n) is 11.3. The molecule has 13 heteroatoms. The quantitative estimate of drug-likeness (QED) is 0.312. The van der Waals surface area contributed by atoms with Gasteiger partial charge in [0, 0.05) is 47.0 Å². The Morgan fingerprint density at radius 3 is 2.62 bits per heavy atom. The van der Waals surface area contributed by atoms with Crippen molar-refractivity contribution in [1.29, 1.82) is 0 Å². The average molecular weight is 593 g/mol. The van der Waals surface area contributed by atoms with Gasteiger partial charge in [-0.15, -0.1) is 0 Å². The van der Waals surface area contributed by atoms with Crippen molar-refractivity contribution in [3.8, 4) is 11.1 Å². The van der Waals surface area contributed by atoms with Crippen LogP contribution in [0, 0.1) is 5.82 Å². The summed E-state index contributed by atoms with van der Waals surface area (Å²) in [6.07, 6.45) is 4.98. The lowest BCUT2D eigenvalue weighted by molar-refractivity contribution is 0.122. The predicted octanol–water partition coefficient (Wildman–Crippen LogP) is 3.72. The molecule has 0 bridgehead atoms. The number of anilines is 1. The zero-order chi connectivity index (χ0) is 26.2. The number of rotatable bonds is 7. The van der Waals surface area contributed by atoms with E-state index in [4.69, 9.17) is 9.26 Å². The third kappa shape index (κ3) is 6.01. The van der Waals surface area contributed by atoms with Crippen LogP contribution in [0.1, 0.15) is 5.56 Å². The van der Waals surface area contributed by atoms with Gasteiger partial charge in [-0.3, -0.25) is 9.32 Å². The molecule has 1 saturated heterocycles. The van der Waals surface area contributed by atoms with E-state index in [1.54, 1.807) is 30.7 Å². The molecule has 4 aromatic rings. The van der Waals surface area contributed by atoms with Gasteiger partial charge in [-0.05, 0) is 41.5 Å². The average Bonchev–Trinajstić information content (AvgIpc) is 3.21. The van der Waals surface area contributed by atoms with Crippen LogP contribution in [0.4, 0.5) is 10.1 Å². The van der Waals surface area contributed by atoms with E-state index in [1.165, 1.54) is 27.3 Å². The fourth-order valence-corrected chi connectivity index (χ4v) is 5.11. The number of aromatic nitrogens is 3. The summed E-state index contributed by atoms with van der Waals surface area (Å²) in [4.78, 5) is 38.0. The summed E-state index contributed by atoms with van der Waals surface area (Å²) in [5.41, 5.74) is 2.92. The molecular formula is C24H23BrFN4O6P. The van der Waals surface area contributed by atoms with Crippen molar-refractivity contribution in [1.82, 2.24) is 14.1 Å². The highest BCUT2D eigenvalue weighted by Crippen LogP contribution is 2.38. The number of pyridine rings is 2. The predicted molar refractivity (Wildman–Crippen MR) is 139 cm³/mol. The number of nitrogens with zero attached hydrogens (tertiary/aromatic N) is 4. The van der Waals surface area contributed by atoms with E-state index < -0.39 is 20.4 Å². The van der Waals surface area contributed by atoms with Gasteiger partial charge >= 0.3 is 7.82 Å². The van der Waals surface area contributed by atoms with Crippen LogP contribution in [0.2, 0.25) is 0 Å². The molecule has 4 heterocycles. The Kier molecular flexibility index (Phi) is 7.30. The van der Waals surface area contributed by atoms with E-state index in [0.29, 0.717) is 58.5 Å². The molecule has 3 aromatic heterocycles. The lowest BCUT2D eigenvalue weighted by atomic mass is 10.1. The number of hydrogen-bond acceptors (Lipinski definition) is 6. The van der Waals surface area contributed by atoms with Gasteiger partial charge in [0.05, 0.1) is 31.6 Å². The maximum Gasteiger partial charge on any atom is 0.471 e. The third-order valence-corrected chi connectivity index (χ3v) is 6.93. The highest BCUT2D eigenvalue weighted by molar-refractivity contribution is 9.10. The number of ether oxygens (including phenoxy) is 1. The lowest BCUT2D eigenvalue weighted by Crippen LogP contribution is -2.36. The zero-order valence-electron chi connectivity index (χ0n) is 19.5. The van der Waals surface area contributed by atoms with Crippen molar-refractivity contribution in [2.75, 3.05) is 31.2 Å². The summed E-state index contributed by atoms with van der Waals surface area (Å²) < 4.78 is 38.8. The molecule has 0 aliphatic carbocycles. The Hall–Kier alpha value is -2.86. The third-order valence-electron chi connectivity index (χ3n) is 6.02. The van der Waals surface area contributed by atoms with Crippen LogP contribution in [-0.4, -0.2) is 50.2 Å². The number of phosphoric ester groups is 1. The summed E-state index contributed by atoms with van der Waals surface area (Å²) in [5, 5.41) is 0.699. The fraction of sp³-hybridized carbons (Fsp3) is 0.250. The monoisotopic (exact) mass is 592 g/mol. The number of hydrogen-bond donors (Lipinski definition) is 2. The Bertz CT molecular complexity index is 1540.